The molecule has 0 aliphatic heterocycles. The first-order valence-corrected chi connectivity index (χ1v) is 9.58. The lowest BCUT2D eigenvalue weighted by Gasteiger charge is -2.31. The Hall–Kier alpha value is -1.37. The van der Waals surface area contributed by atoms with Crippen LogP contribution in [0.15, 0.2) is 11.9 Å². The number of esters is 1. The average molecular weight is 335 g/mol. The van der Waals surface area contributed by atoms with Gasteiger partial charge in [0.25, 0.3) is 0 Å². The van der Waals surface area contributed by atoms with Gasteiger partial charge >= 0.3 is 5.97 Å². The normalized spacial score (nSPS) is 31.3. The third-order valence-electron chi connectivity index (χ3n) is 5.84. The topological polar surface area (TPSA) is 50.1 Å². The molecule has 0 N–H and O–H groups in total. The maximum absolute atomic E-state index is 12.8. The number of nitrogens with zero attached hydrogens (tertiary/aromatic N) is 1. The summed E-state index contributed by atoms with van der Waals surface area (Å²) in [7, 11) is 0. The first kappa shape index (κ1) is 19.0. The molecule has 0 saturated heterocycles. The highest BCUT2D eigenvalue weighted by Crippen LogP contribution is 2.34. The summed E-state index contributed by atoms with van der Waals surface area (Å²) in [5.74, 6) is 0.805. The van der Waals surface area contributed by atoms with Crippen LogP contribution in [0.25, 0.3) is 0 Å². The number of carbonyl (C=O) groups is 1. The molecule has 3 nitrogen and oxygen atoms in total. The Balaban J connectivity index is 1.64. The Morgan fingerprint density at radius 3 is 2.33 bits per heavy atom. The van der Waals surface area contributed by atoms with Crippen LogP contribution in [0.4, 0.5) is 4.39 Å². The quantitative estimate of drug-likeness (QED) is 0.478. The van der Waals surface area contributed by atoms with Crippen LogP contribution in [0.5, 0.6) is 0 Å². The number of rotatable bonds is 6. The van der Waals surface area contributed by atoms with Crippen molar-refractivity contribution in [2.45, 2.75) is 83.7 Å². The molecule has 134 valence electrons. The van der Waals surface area contributed by atoms with Crippen molar-refractivity contribution >= 4 is 5.97 Å². The van der Waals surface area contributed by atoms with E-state index in [1.54, 1.807) is 0 Å². The van der Waals surface area contributed by atoms with Gasteiger partial charge in [0.1, 0.15) is 12.2 Å². The number of nitriles is 1. The van der Waals surface area contributed by atoms with E-state index in [2.05, 4.69) is 6.92 Å². The van der Waals surface area contributed by atoms with Crippen LogP contribution in [0.2, 0.25) is 0 Å². The molecule has 0 heterocycles. The number of allylic oxidation sites excluding steroid dienone is 2. The monoisotopic (exact) mass is 335 g/mol. The Kier molecular flexibility index (Phi) is 7.75. The first-order chi connectivity index (χ1) is 11.6. The highest BCUT2D eigenvalue weighted by atomic mass is 19.1. The zero-order valence-corrected chi connectivity index (χ0v) is 14.8. The van der Waals surface area contributed by atoms with Crippen molar-refractivity contribution in [2.24, 2.45) is 17.8 Å². The zero-order valence-electron chi connectivity index (χ0n) is 14.8. The highest BCUT2D eigenvalue weighted by Gasteiger charge is 2.30. The Morgan fingerprint density at radius 2 is 1.75 bits per heavy atom. The molecule has 4 heteroatoms. The third-order valence-corrected chi connectivity index (χ3v) is 5.84. The fourth-order valence-corrected chi connectivity index (χ4v) is 4.10. The van der Waals surface area contributed by atoms with Crippen molar-refractivity contribution in [1.82, 2.24) is 0 Å². The molecule has 0 aromatic carbocycles. The van der Waals surface area contributed by atoms with Crippen LogP contribution in [-0.4, -0.2) is 12.1 Å². The highest BCUT2D eigenvalue weighted by molar-refractivity contribution is 5.72. The van der Waals surface area contributed by atoms with Gasteiger partial charge in [-0.3, -0.25) is 4.79 Å². The SMILES string of the molecule is CCC1CCC(C(=O)OC2CCC(CC/C=C(/F)C#N)CC2)CC1. The molecule has 24 heavy (non-hydrogen) atoms. The molecule has 2 saturated carbocycles. The van der Waals surface area contributed by atoms with E-state index in [0.29, 0.717) is 12.3 Å². The van der Waals surface area contributed by atoms with Crippen molar-refractivity contribution in [2.75, 3.05) is 0 Å². The number of carbonyl (C=O) groups excluding carboxylic acids is 1. The Morgan fingerprint density at radius 1 is 1.12 bits per heavy atom. The van der Waals surface area contributed by atoms with Gasteiger partial charge in [0, 0.05) is 0 Å². The number of ether oxygens (including phenoxy) is 1. The standard InChI is InChI=1S/C20H30FNO2/c1-2-15-6-10-17(11-7-15)20(23)24-19-12-8-16(9-13-19)4-3-5-18(21)14-22/h5,15-17,19H,2-4,6-13H2,1H3/b18-5+. The van der Waals surface area contributed by atoms with Gasteiger partial charge in [-0.15, -0.1) is 0 Å². The third kappa shape index (κ3) is 5.92. The van der Waals surface area contributed by atoms with E-state index in [4.69, 9.17) is 10.00 Å². The molecule has 0 atom stereocenters. The van der Waals surface area contributed by atoms with Crippen LogP contribution < -0.4 is 0 Å². The molecule has 2 rings (SSSR count). The largest absolute Gasteiger partial charge is 0.462 e. The summed E-state index contributed by atoms with van der Waals surface area (Å²) >= 11 is 0. The van der Waals surface area contributed by atoms with E-state index >= 15 is 0 Å². The lowest BCUT2D eigenvalue weighted by Crippen LogP contribution is -2.30. The summed E-state index contributed by atoms with van der Waals surface area (Å²) in [4.78, 5) is 12.3. The summed E-state index contributed by atoms with van der Waals surface area (Å²) in [5, 5.41) is 8.38. The van der Waals surface area contributed by atoms with Crippen LogP contribution in [-0.2, 0) is 9.53 Å². The molecule has 0 aromatic rings. The van der Waals surface area contributed by atoms with Crippen molar-refractivity contribution in [1.29, 1.82) is 5.26 Å². The van der Waals surface area contributed by atoms with Gasteiger partial charge in [-0.05, 0) is 82.1 Å². The Bertz CT molecular complexity index is 467. The van der Waals surface area contributed by atoms with E-state index in [-0.39, 0.29) is 18.0 Å². The molecule has 2 aliphatic carbocycles. The molecule has 0 aromatic heterocycles. The molecule has 2 fully saturated rings. The van der Waals surface area contributed by atoms with Gasteiger partial charge in [-0.1, -0.05) is 13.3 Å². The molecular weight excluding hydrogens is 305 g/mol. The van der Waals surface area contributed by atoms with Crippen molar-refractivity contribution in [3.63, 3.8) is 0 Å². The summed E-state index contributed by atoms with van der Waals surface area (Å²) < 4.78 is 18.5. The van der Waals surface area contributed by atoms with Gasteiger partial charge in [-0.25, -0.2) is 0 Å². The number of halogens is 1. The molecule has 0 spiro atoms. The second kappa shape index (κ2) is 9.81. The maximum atomic E-state index is 12.8. The first-order valence-electron chi connectivity index (χ1n) is 9.58. The predicted octanol–water partition coefficient (Wildman–Crippen LogP) is 5.46. The van der Waals surface area contributed by atoms with Gasteiger partial charge in [0.2, 0.25) is 0 Å². The van der Waals surface area contributed by atoms with Crippen LogP contribution in [0.1, 0.15) is 77.6 Å². The second-order valence-electron chi connectivity index (χ2n) is 7.45. The molecule has 0 bridgehead atoms. The zero-order chi connectivity index (χ0) is 17.4. The lowest BCUT2D eigenvalue weighted by atomic mass is 9.80. The Labute approximate surface area is 145 Å². The smallest absolute Gasteiger partial charge is 0.309 e. The number of hydrogen-bond acceptors (Lipinski definition) is 3. The molecule has 0 radical (unpaired) electrons. The van der Waals surface area contributed by atoms with Crippen molar-refractivity contribution < 1.29 is 13.9 Å². The van der Waals surface area contributed by atoms with E-state index in [1.165, 1.54) is 18.6 Å². The summed E-state index contributed by atoms with van der Waals surface area (Å²) in [5.41, 5.74) is 0. The summed E-state index contributed by atoms with van der Waals surface area (Å²) in [6, 6.07) is 1.51. The predicted molar refractivity (Wildman–Crippen MR) is 91.6 cm³/mol. The minimum Gasteiger partial charge on any atom is -0.462 e. The molecule has 0 unspecified atom stereocenters. The minimum atomic E-state index is -0.685. The van der Waals surface area contributed by atoms with E-state index in [1.807, 2.05) is 0 Å². The number of hydrogen-bond donors (Lipinski definition) is 0. The molecule has 0 amide bonds. The van der Waals surface area contributed by atoms with E-state index in [0.717, 1.165) is 63.7 Å². The van der Waals surface area contributed by atoms with Gasteiger partial charge in [0.15, 0.2) is 5.83 Å². The average Bonchev–Trinajstić information content (AvgIpc) is 2.63. The summed E-state index contributed by atoms with van der Waals surface area (Å²) in [6.45, 7) is 2.23. The lowest BCUT2D eigenvalue weighted by molar-refractivity contribution is -0.157. The fraction of sp³-hybridized carbons (Fsp3) is 0.800. The minimum absolute atomic E-state index is 0.0204. The van der Waals surface area contributed by atoms with Gasteiger partial charge in [0.05, 0.1) is 5.92 Å². The van der Waals surface area contributed by atoms with Crippen molar-refractivity contribution in [3.05, 3.63) is 11.9 Å². The van der Waals surface area contributed by atoms with E-state index in [9.17, 15) is 9.18 Å². The molecular formula is C20H30FNO2. The molecule has 2 aliphatic rings. The second-order valence-corrected chi connectivity index (χ2v) is 7.45. The van der Waals surface area contributed by atoms with Crippen molar-refractivity contribution in [3.8, 4) is 6.07 Å². The van der Waals surface area contributed by atoms with Crippen LogP contribution >= 0.6 is 0 Å². The fourth-order valence-electron chi connectivity index (χ4n) is 4.10. The van der Waals surface area contributed by atoms with Crippen LogP contribution in [0, 0.1) is 29.1 Å². The van der Waals surface area contributed by atoms with Gasteiger partial charge < -0.3 is 4.74 Å². The van der Waals surface area contributed by atoms with Gasteiger partial charge in [-0.2, -0.15) is 9.65 Å². The maximum Gasteiger partial charge on any atom is 0.309 e. The summed E-state index contributed by atoms with van der Waals surface area (Å²) in [6.07, 6.45) is 12.4. The van der Waals surface area contributed by atoms with Crippen LogP contribution in [0.3, 0.4) is 0 Å². The van der Waals surface area contributed by atoms with E-state index < -0.39 is 5.83 Å².